The summed E-state index contributed by atoms with van der Waals surface area (Å²) in [5.41, 5.74) is 0.581. The van der Waals surface area contributed by atoms with Gasteiger partial charge in [0, 0.05) is 13.1 Å². The molecule has 2 fully saturated rings. The molecule has 2 saturated carbocycles. The summed E-state index contributed by atoms with van der Waals surface area (Å²) >= 11 is 0. The Kier molecular flexibility index (Phi) is 9.05. The summed E-state index contributed by atoms with van der Waals surface area (Å²) in [5, 5.41) is 0. The largest absolute Gasteiger partial charge is 0.378 e. The number of ether oxygens (including phenoxy) is 3. The zero-order valence-corrected chi connectivity index (χ0v) is 18.9. The number of rotatable bonds is 12. The van der Waals surface area contributed by atoms with Crippen molar-refractivity contribution in [3.63, 3.8) is 0 Å². The number of hydrogen-bond acceptors (Lipinski definition) is 4. The molecule has 0 radical (unpaired) electrons. The van der Waals surface area contributed by atoms with Crippen molar-refractivity contribution in [2.45, 2.75) is 72.3 Å². The lowest BCUT2D eigenvalue weighted by molar-refractivity contribution is -0.161. The molecule has 0 saturated heterocycles. The summed E-state index contributed by atoms with van der Waals surface area (Å²) in [5.74, 6) is 2.26. The predicted octanol–water partition coefficient (Wildman–Crippen LogP) is 4.62. The lowest BCUT2D eigenvalue weighted by Gasteiger charge is -2.54. The Bertz CT molecular complexity index is 412. The van der Waals surface area contributed by atoms with Crippen LogP contribution in [0.1, 0.15) is 66.7 Å². The molecule has 27 heavy (non-hydrogen) atoms. The SMILES string of the molecule is CC(C)CN(C)CCOCCOCCOC12CC(C)CC(C)(CC(C)C1)C2. The molecular formula is C23H45NO3. The maximum atomic E-state index is 6.47. The normalized spacial score (nSPS) is 33.8. The second kappa shape index (κ2) is 10.6. The van der Waals surface area contributed by atoms with Gasteiger partial charge >= 0.3 is 0 Å². The van der Waals surface area contributed by atoms with E-state index in [9.17, 15) is 0 Å². The van der Waals surface area contributed by atoms with E-state index in [0.717, 1.165) is 31.5 Å². The maximum absolute atomic E-state index is 6.47. The van der Waals surface area contributed by atoms with Gasteiger partial charge in [0.1, 0.15) is 0 Å². The van der Waals surface area contributed by atoms with E-state index >= 15 is 0 Å². The Hall–Kier alpha value is -0.160. The van der Waals surface area contributed by atoms with Gasteiger partial charge in [-0.1, -0.05) is 34.6 Å². The zero-order valence-electron chi connectivity index (χ0n) is 18.9. The molecule has 4 heteroatoms. The van der Waals surface area contributed by atoms with Gasteiger partial charge in [-0.3, -0.25) is 0 Å². The van der Waals surface area contributed by atoms with Crippen molar-refractivity contribution in [2.24, 2.45) is 23.2 Å². The van der Waals surface area contributed by atoms with Gasteiger partial charge in [0.15, 0.2) is 0 Å². The van der Waals surface area contributed by atoms with Crippen LogP contribution in [0.2, 0.25) is 0 Å². The molecule has 0 aromatic carbocycles. The molecule has 2 aliphatic rings. The Balaban J connectivity index is 1.55. The smallest absolute Gasteiger partial charge is 0.0708 e. The van der Waals surface area contributed by atoms with Crippen LogP contribution in [-0.4, -0.2) is 63.7 Å². The van der Waals surface area contributed by atoms with Gasteiger partial charge in [0.25, 0.3) is 0 Å². The quantitative estimate of drug-likeness (QED) is 0.460. The van der Waals surface area contributed by atoms with E-state index in [1.807, 2.05) is 0 Å². The zero-order chi connectivity index (χ0) is 19.9. The molecule has 0 aliphatic heterocycles. The number of hydrogen-bond donors (Lipinski definition) is 0. The van der Waals surface area contributed by atoms with E-state index in [2.05, 4.69) is 46.6 Å². The molecule has 2 aliphatic carbocycles. The van der Waals surface area contributed by atoms with E-state index in [0.29, 0.717) is 37.8 Å². The van der Waals surface area contributed by atoms with Crippen molar-refractivity contribution in [1.29, 1.82) is 0 Å². The summed E-state index contributed by atoms with van der Waals surface area (Å²) < 4.78 is 17.9. The highest BCUT2D eigenvalue weighted by Crippen LogP contribution is 2.55. The average Bonchev–Trinajstić information content (AvgIpc) is 2.49. The highest BCUT2D eigenvalue weighted by molar-refractivity contribution is 5.01. The van der Waals surface area contributed by atoms with Crippen molar-refractivity contribution >= 4 is 0 Å². The van der Waals surface area contributed by atoms with Crippen LogP contribution >= 0.6 is 0 Å². The van der Waals surface area contributed by atoms with E-state index in [4.69, 9.17) is 14.2 Å². The van der Waals surface area contributed by atoms with Crippen LogP contribution in [0.25, 0.3) is 0 Å². The van der Waals surface area contributed by atoms with Crippen LogP contribution in [0.3, 0.4) is 0 Å². The molecule has 0 aromatic heterocycles. The number of likely N-dealkylation sites (N-methyl/N-ethyl adjacent to an activating group) is 1. The Labute approximate surface area is 168 Å². The fraction of sp³-hybridized carbons (Fsp3) is 1.00. The second-order valence-electron chi connectivity index (χ2n) is 10.4. The summed E-state index contributed by atoms with van der Waals surface area (Å²) in [7, 11) is 2.15. The Morgan fingerprint density at radius 1 is 0.889 bits per heavy atom. The van der Waals surface area contributed by atoms with Gasteiger partial charge in [-0.15, -0.1) is 0 Å². The first-order valence-corrected chi connectivity index (χ1v) is 11.2. The third-order valence-corrected chi connectivity index (χ3v) is 6.17. The molecule has 4 nitrogen and oxygen atoms in total. The molecule has 160 valence electrons. The molecule has 2 bridgehead atoms. The first-order valence-electron chi connectivity index (χ1n) is 11.2. The van der Waals surface area contributed by atoms with Gasteiger partial charge in [0.05, 0.1) is 38.6 Å². The summed E-state index contributed by atoms with van der Waals surface area (Å²) in [6.45, 7) is 17.4. The summed E-state index contributed by atoms with van der Waals surface area (Å²) in [6, 6.07) is 0. The lowest BCUT2D eigenvalue weighted by Crippen LogP contribution is -2.51. The van der Waals surface area contributed by atoms with E-state index in [1.54, 1.807) is 0 Å². The van der Waals surface area contributed by atoms with Crippen LogP contribution in [0.15, 0.2) is 0 Å². The number of fused-ring (bicyclic) bond motifs is 2. The van der Waals surface area contributed by atoms with Gasteiger partial charge < -0.3 is 19.1 Å². The third-order valence-electron chi connectivity index (χ3n) is 6.17. The Morgan fingerprint density at radius 3 is 2.04 bits per heavy atom. The molecule has 0 aromatic rings. The maximum Gasteiger partial charge on any atom is 0.0708 e. The third kappa shape index (κ3) is 8.00. The molecule has 0 amide bonds. The van der Waals surface area contributed by atoms with Crippen molar-refractivity contribution in [3.8, 4) is 0 Å². The van der Waals surface area contributed by atoms with Gasteiger partial charge in [-0.25, -0.2) is 0 Å². The van der Waals surface area contributed by atoms with E-state index in [1.165, 1.54) is 32.1 Å². The minimum absolute atomic E-state index is 0.102. The minimum atomic E-state index is 0.102. The standard InChI is InChI=1S/C23H45NO3/c1-19(2)17-24(6)7-8-25-9-10-26-11-12-27-23-15-20(3)13-22(5,18-23)14-21(4)16-23/h19-21H,7-18H2,1-6H3. The van der Waals surface area contributed by atoms with Crippen LogP contribution in [0.4, 0.5) is 0 Å². The minimum Gasteiger partial charge on any atom is -0.378 e. The van der Waals surface area contributed by atoms with Crippen molar-refractivity contribution < 1.29 is 14.2 Å². The average molecular weight is 384 g/mol. The van der Waals surface area contributed by atoms with Crippen molar-refractivity contribution in [3.05, 3.63) is 0 Å². The molecule has 2 atom stereocenters. The fourth-order valence-electron chi connectivity index (χ4n) is 6.07. The molecule has 2 rings (SSSR count). The summed E-state index contributed by atoms with van der Waals surface area (Å²) in [4.78, 5) is 2.32. The Morgan fingerprint density at radius 2 is 1.44 bits per heavy atom. The summed E-state index contributed by atoms with van der Waals surface area (Å²) in [6.07, 6.45) is 6.41. The molecular weight excluding hydrogens is 338 g/mol. The fourth-order valence-corrected chi connectivity index (χ4v) is 6.07. The first-order chi connectivity index (χ1) is 12.7. The van der Waals surface area contributed by atoms with Crippen LogP contribution in [0.5, 0.6) is 0 Å². The highest BCUT2D eigenvalue weighted by atomic mass is 16.5. The van der Waals surface area contributed by atoms with Crippen LogP contribution < -0.4 is 0 Å². The molecule has 0 N–H and O–H groups in total. The monoisotopic (exact) mass is 383 g/mol. The lowest BCUT2D eigenvalue weighted by atomic mass is 9.55. The molecule has 0 spiro atoms. The van der Waals surface area contributed by atoms with E-state index in [-0.39, 0.29) is 5.60 Å². The number of nitrogens with zero attached hydrogens (tertiary/aromatic N) is 1. The van der Waals surface area contributed by atoms with Crippen molar-refractivity contribution in [1.82, 2.24) is 4.90 Å². The van der Waals surface area contributed by atoms with Gasteiger partial charge in [-0.2, -0.15) is 0 Å². The first kappa shape index (κ1) is 23.1. The highest BCUT2D eigenvalue weighted by Gasteiger charge is 2.50. The van der Waals surface area contributed by atoms with Crippen molar-refractivity contribution in [2.75, 3.05) is 53.2 Å². The molecule has 0 heterocycles. The second-order valence-corrected chi connectivity index (χ2v) is 10.4. The topological polar surface area (TPSA) is 30.9 Å². The van der Waals surface area contributed by atoms with Gasteiger partial charge in [0.2, 0.25) is 0 Å². The van der Waals surface area contributed by atoms with Gasteiger partial charge in [-0.05, 0) is 62.3 Å². The molecule has 2 unspecified atom stereocenters. The van der Waals surface area contributed by atoms with E-state index < -0.39 is 0 Å². The predicted molar refractivity (Wildman–Crippen MR) is 112 cm³/mol. The van der Waals surface area contributed by atoms with Crippen LogP contribution in [-0.2, 0) is 14.2 Å². The van der Waals surface area contributed by atoms with Crippen LogP contribution in [0, 0.1) is 23.2 Å².